The molecule has 11 heteroatoms. The zero-order valence-corrected chi connectivity index (χ0v) is 18.8. The van der Waals surface area contributed by atoms with Crippen LogP contribution in [0.15, 0.2) is 30.5 Å². The summed E-state index contributed by atoms with van der Waals surface area (Å²) in [5.41, 5.74) is 6.87. The van der Waals surface area contributed by atoms with Gasteiger partial charge >= 0.3 is 5.97 Å². The molecular formula is C21H29N5O5S. The molecule has 0 spiro atoms. The van der Waals surface area contributed by atoms with E-state index in [1.165, 1.54) is 0 Å². The molecule has 0 aliphatic heterocycles. The maximum Gasteiger partial charge on any atom is 0.326 e. The van der Waals surface area contributed by atoms with Crippen molar-refractivity contribution in [3.63, 3.8) is 0 Å². The molecule has 3 unspecified atom stereocenters. The standard InChI is InChI=1S/C21H29N5O5S/c1-11(2)18(26-19(28)16(10-32)24-17(27)8-22)20(29)25-15(21(30)31)7-12-9-23-14-6-4-3-5-13(12)14/h3-6,9,11,15-16,18,23,32H,7-8,10,22H2,1-2H3,(H,24,27)(H,25,29)(H,26,28)(H,30,31). The minimum Gasteiger partial charge on any atom is -0.480 e. The zero-order chi connectivity index (χ0) is 23.8. The maximum absolute atomic E-state index is 12.9. The summed E-state index contributed by atoms with van der Waals surface area (Å²) in [6.07, 6.45) is 1.78. The quantitative estimate of drug-likeness (QED) is 0.228. The zero-order valence-electron chi connectivity index (χ0n) is 17.9. The number of carboxylic acid groups (broad SMARTS) is 1. The Labute approximate surface area is 191 Å². The second-order valence-corrected chi connectivity index (χ2v) is 8.07. The molecule has 174 valence electrons. The van der Waals surface area contributed by atoms with Crippen LogP contribution in [0.25, 0.3) is 10.9 Å². The summed E-state index contributed by atoms with van der Waals surface area (Å²) in [6, 6.07) is 4.26. The molecule has 0 fully saturated rings. The highest BCUT2D eigenvalue weighted by molar-refractivity contribution is 7.80. The summed E-state index contributed by atoms with van der Waals surface area (Å²) >= 11 is 4.06. The van der Waals surface area contributed by atoms with E-state index in [1.807, 2.05) is 24.3 Å². The van der Waals surface area contributed by atoms with Crippen LogP contribution in [0.4, 0.5) is 0 Å². The summed E-state index contributed by atoms with van der Waals surface area (Å²) in [5, 5.41) is 18.1. The lowest BCUT2D eigenvalue weighted by Crippen LogP contribution is -2.58. The number of H-pyrrole nitrogens is 1. The number of amides is 3. The molecule has 1 aromatic heterocycles. The van der Waals surface area contributed by atoms with Gasteiger partial charge in [-0.05, 0) is 17.5 Å². The molecule has 10 nitrogen and oxygen atoms in total. The van der Waals surface area contributed by atoms with E-state index in [-0.39, 0.29) is 24.6 Å². The van der Waals surface area contributed by atoms with Gasteiger partial charge < -0.3 is 31.8 Å². The third-order valence-corrected chi connectivity index (χ3v) is 5.35. The molecule has 0 saturated carbocycles. The molecule has 32 heavy (non-hydrogen) atoms. The number of para-hydroxylation sites is 1. The molecule has 0 saturated heterocycles. The summed E-state index contributed by atoms with van der Waals surface area (Å²) in [4.78, 5) is 51.9. The molecule has 0 aliphatic carbocycles. The molecular weight excluding hydrogens is 434 g/mol. The Kier molecular flexibility index (Phi) is 9.09. The SMILES string of the molecule is CC(C)C(NC(=O)C(CS)NC(=O)CN)C(=O)NC(Cc1c[nH]c2ccccc12)C(=O)O. The smallest absolute Gasteiger partial charge is 0.326 e. The fraction of sp³-hybridized carbons (Fsp3) is 0.429. The van der Waals surface area contributed by atoms with Crippen molar-refractivity contribution in [3.8, 4) is 0 Å². The molecule has 1 heterocycles. The predicted molar refractivity (Wildman–Crippen MR) is 123 cm³/mol. The fourth-order valence-corrected chi connectivity index (χ4v) is 3.48. The number of nitrogens with two attached hydrogens (primary N) is 1. The first-order chi connectivity index (χ1) is 15.2. The normalized spacial score (nSPS) is 13.9. The van der Waals surface area contributed by atoms with Crippen LogP contribution in [0, 0.1) is 5.92 Å². The first kappa shape index (κ1) is 25.2. The second-order valence-electron chi connectivity index (χ2n) is 7.70. The van der Waals surface area contributed by atoms with Crippen LogP contribution in [-0.4, -0.2) is 64.2 Å². The molecule has 3 atom stereocenters. The first-order valence-corrected chi connectivity index (χ1v) is 10.8. The lowest BCUT2D eigenvalue weighted by atomic mass is 10.0. The van der Waals surface area contributed by atoms with E-state index < -0.39 is 41.8 Å². The van der Waals surface area contributed by atoms with Crippen molar-refractivity contribution < 1.29 is 24.3 Å². The second kappa shape index (κ2) is 11.5. The van der Waals surface area contributed by atoms with E-state index in [1.54, 1.807) is 20.0 Å². The van der Waals surface area contributed by atoms with Gasteiger partial charge in [0.25, 0.3) is 0 Å². The Morgan fingerprint density at radius 1 is 1.06 bits per heavy atom. The Morgan fingerprint density at radius 3 is 2.34 bits per heavy atom. The van der Waals surface area contributed by atoms with E-state index in [0.29, 0.717) is 0 Å². The lowest BCUT2D eigenvalue weighted by Gasteiger charge is -2.26. The highest BCUT2D eigenvalue weighted by Gasteiger charge is 2.31. The third-order valence-electron chi connectivity index (χ3n) is 4.98. The molecule has 2 rings (SSSR count). The molecule has 1 aromatic carbocycles. The Bertz CT molecular complexity index is 976. The number of aliphatic carboxylic acids is 1. The van der Waals surface area contributed by atoms with Crippen LogP contribution in [0.1, 0.15) is 19.4 Å². The van der Waals surface area contributed by atoms with Gasteiger partial charge in [0, 0.05) is 29.3 Å². The number of nitrogens with one attached hydrogen (secondary N) is 4. The van der Waals surface area contributed by atoms with Gasteiger partial charge in [0.1, 0.15) is 18.1 Å². The summed E-state index contributed by atoms with van der Waals surface area (Å²) < 4.78 is 0. The summed E-state index contributed by atoms with van der Waals surface area (Å²) in [6.45, 7) is 3.14. The first-order valence-electron chi connectivity index (χ1n) is 10.2. The monoisotopic (exact) mass is 463 g/mol. The molecule has 0 aliphatic rings. The average Bonchev–Trinajstić information content (AvgIpc) is 3.17. The Morgan fingerprint density at radius 2 is 1.75 bits per heavy atom. The van der Waals surface area contributed by atoms with E-state index in [9.17, 15) is 24.3 Å². The highest BCUT2D eigenvalue weighted by Crippen LogP contribution is 2.19. The van der Waals surface area contributed by atoms with E-state index in [0.717, 1.165) is 16.5 Å². The van der Waals surface area contributed by atoms with Crippen molar-refractivity contribution in [3.05, 3.63) is 36.0 Å². The number of hydrogen-bond acceptors (Lipinski definition) is 6. The molecule has 7 N–H and O–H groups in total. The number of rotatable bonds is 11. The average molecular weight is 464 g/mol. The van der Waals surface area contributed by atoms with Crippen molar-refractivity contribution in [2.45, 2.75) is 38.4 Å². The van der Waals surface area contributed by atoms with E-state index in [4.69, 9.17) is 5.73 Å². The molecule has 2 aromatic rings. The van der Waals surface area contributed by atoms with Crippen LogP contribution in [-0.2, 0) is 25.6 Å². The fourth-order valence-electron chi connectivity index (χ4n) is 3.22. The largest absolute Gasteiger partial charge is 0.480 e. The number of fused-ring (bicyclic) bond motifs is 1. The third kappa shape index (κ3) is 6.47. The van der Waals surface area contributed by atoms with Gasteiger partial charge in [-0.25, -0.2) is 4.79 Å². The molecule has 3 amide bonds. The van der Waals surface area contributed by atoms with Crippen LogP contribution >= 0.6 is 12.6 Å². The van der Waals surface area contributed by atoms with E-state index in [2.05, 4.69) is 33.6 Å². The van der Waals surface area contributed by atoms with Crippen molar-refractivity contribution in [1.29, 1.82) is 0 Å². The predicted octanol–water partition coefficient (Wildman–Crippen LogP) is -0.206. The van der Waals surface area contributed by atoms with E-state index >= 15 is 0 Å². The minimum absolute atomic E-state index is 0.00230. The van der Waals surface area contributed by atoms with Gasteiger partial charge in [-0.15, -0.1) is 0 Å². The number of benzene rings is 1. The minimum atomic E-state index is -1.20. The van der Waals surface area contributed by atoms with Gasteiger partial charge in [-0.2, -0.15) is 12.6 Å². The number of carbonyl (C=O) groups excluding carboxylic acids is 3. The van der Waals surface area contributed by atoms with Gasteiger partial charge in [0.15, 0.2) is 0 Å². The van der Waals surface area contributed by atoms with Crippen molar-refractivity contribution in [2.24, 2.45) is 11.7 Å². The Hall–Kier alpha value is -3.05. The number of carboxylic acids is 1. The number of hydrogen-bond donors (Lipinski definition) is 7. The summed E-state index contributed by atoms with van der Waals surface area (Å²) in [5.74, 6) is -3.31. The maximum atomic E-state index is 12.9. The van der Waals surface area contributed by atoms with Crippen LogP contribution < -0.4 is 21.7 Å². The summed E-state index contributed by atoms with van der Waals surface area (Å²) in [7, 11) is 0. The highest BCUT2D eigenvalue weighted by atomic mass is 32.1. The molecule has 0 bridgehead atoms. The van der Waals surface area contributed by atoms with Crippen molar-refractivity contribution >= 4 is 47.2 Å². The topological polar surface area (TPSA) is 166 Å². The number of thiol groups is 1. The number of aromatic nitrogens is 1. The van der Waals surface area contributed by atoms with Crippen molar-refractivity contribution in [1.82, 2.24) is 20.9 Å². The Balaban J connectivity index is 2.12. The van der Waals surface area contributed by atoms with Crippen molar-refractivity contribution in [2.75, 3.05) is 12.3 Å². The van der Waals surface area contributed by atoms with Crippen LogP contribution in [0.2, 0.25) is 0 Å². The lowest BCUT2D eigenvalue weighted by molar-refractivity contribution is -0.142. The van der Waals surface area contributed by atoms with Gasteiger partial charge in [0.2, 0.25) is 17.7 Å². The number of aromatic amines is 1. The van der Waals surface area contributed by atoms with Crippen LogP contribution in [0.5, 0.6) is 0 Å². The van der Waals surface area contributed by atoms with Crippen LogP contribution in [0.3, 0.4) is 0 Å². The molecule has 0 radical (unpaired) electrons. The van der Waals surface area contributed by atoms with Gasteiger partial charge in [0.05, 0.1) is 6.54 Å². The number of carbonyl (C=O) groups is 4. The van der Waals surface area contributed by atoms with Gasteiger partial charge in [-0.3, -0.25) is 14.4 Å². The van der Waals surface area contributed by atoms with Gasteiger partial charge in [-0.1, -0.05) is 32.0 Å².